The lowest BCUT2D eigenvalue weighted by Crippen LogP contribution is -2.42. The first-order chi connectivity index (χ1) is 14.5. The molecule has 1 aromatic carbocycles. The van der Waals surface area contributed by atoms with Crippen LogP contribution in [0.2, 0.25) is 0 Å². The van der Waals surface area contributed by atoms with E-state index < -0.39 is 22.9 Å². The van der Waals surface area contributed by atoms with E-state index in [-0.39, 0.29) is 16.3 Å². The van der Waals surface area contributed by atoms with Gasteiger partial charge in [0.15, 0.2) is 0 Å². The van der Waals surface area contributed by atoms with Crippen LogP contribution in [0.25, 0.3) is 0 Å². The summed E-state index contributed by atoms with van der Waals surface area (Å²) in [7, 11) is 1.62. The molecule has 162 valence electrons. The predicted octanol–water partition coefficient (Wildman–Crippen LogP) is 0.667. The monoisotopic (exact) mass is 437 g/mol. The highest BCUT2D eigenvalue weighted by molar-refractivity contribution is 8.03. The van der Waals surface area contributed by atoms with E-state index in [2.05, 4.69) is 20.9 Å². The highest BCUT2D eigenvalue weighted by Gasteiger charge is 2.32. The van der Waals surface area contributed by atoms with E-state index in [9.17, 15) is 13.6 Å². The van der Waals surface area contributed by atoms with E-state index in [0.717, 1.165) is 49.9 Å². The van der Waals surface area contributed by atoms with Gasteiger partial charge in [0.05, 0.1) is 16.3 Å². The molecule has 0 aromatic heterocycles. The summed E-state index contributed by atoms with van der Waals surface area (Å²) < 4.78 is 28.2. The summed E-state index contributed by atoms with van der Waals surface area (Å²) in [4.78, 5) is 19.2. The standard InChI is InChI=1S/C19H25F2N7OS/c1-24-17(28-8-3-6-25-7-9-28)13(10-22)26-18(29)15-16(23)30-19(27-15)14-11(20)4-2-5-12(14)21/h2,4-5,10,19,25,27H,3,6-9,22-23H2,1H3,(H,26,29)/b13-10+,24-17?. The highest BCUT2D eigenvalue weighted by atomic mass is 32.2. The number of amidine groups is 1. The van der Waals surface area contributed by atoms with Gasteiger partial charge in [0.25, 0.3) is 5.91 Å². The Labute approximate surface area is 177 Å². The van der Waals surface area contributed by atoms with Crippen LogP contribution < -0.4 is 27.4 Å². The SMILES string of the molecule is CN=C(/C(=C\N)NC(=O)C1=C(N)SC(c2c(F)cccc2F)N1)N1CCCNCC1. The summed E-state index contributed by atoms with van der Waals surface area (Å²) in [5.74, 6) is -1.44. The molecule has 1 atom stereocenters. The molecule has 8 nitrogen and oxygen atoms in total. The normalized spacial score (nSPS) is 20.8. The number of nitrogens with two attached hydrogens (primary N) is 2. The molecule has 0 aliphatic carbocycles. The van der Waals surface area contributed by atoms with Crippen molar-refractivity contribution in [3.8, 4) is 0 Å². The van der Waals surface area contributed by atoms with Crippen LogP contribution in [0.15, 0.2) is 45.8 Å². The number of amides is 1. The van der Waals surface area contributed by atoms with Crippen molar-refractivity contribution in [2.24, 2.45) is 16.5 Å². The van der Waals surface area contributed by atoms with Crippen molar-refractivity contribution < 1.29 is 13.6 Å². The van der Waals surface area contributed by atoms with E-state index in [0.29, 0.717) is 18.1 Å². The Balaban J connectivity index is 1.73. The van der Waals surface area contributed by atoms with E-state index in [1.165, 1.54) is 12.3 Å². The van der Waals surface area contributed by atoms with Gasteiger partial charge in [-0.2, -0.15) is 0 Å². The smallest absolute Gasteiger partial charge is 0.274 e. The Morgan fingerprint density at radius 1 is 1.33 bits per heavy atom. The third kappa shape index (κ3) is 4.68. The fourth-order valence-electron chi connectivity index (χ4n) is 3.33. The van der Waals surface area contributed by atoms with Crippen molar-refractivity contribution in [1.29, 1.82) is 0 Å². The number of carbonyl (C=O) groups is 1. The number of hydrogen-bond acceptors (Lipinski definition) is 7. The second kappa shape index (κ2) is 9.81. The van der Waals surface area contributed by atoms with Crippen LogP contribution in [0.3, 0.4) is 0 Å². The first kappa shape index (κ1) is 21.9. The van der Waals surface area contributed by atoms with Gasteiger partial charge in [-0.1, -0.05) is 17.8 Å². The molecular formula is C19H25F2N7OS. The lowest BCUT2D eigenvalue weighted by molar-refractivity contribution is -0.117. The van der Waals surface area contributed by atoms with E-state index in [1.807, 2.05) is 4.90 Å². The molecule has 0 spiro atoms. The summed E-state index contributed by atoms with van der Waals surface area (Å²) in [5.41, 5.74) is 11.9. The van der Waals surface area contributed by atoms with Crippen LogP contribution in [0.4, 0.5) is 8.78 Å². The molecule has 2 aliphatic heterocycles. The van der Waals surface area contributed by atoms with Crippen LogP contribution in [-0.4, -0.2) is 49.9 Å². The molecule has 1 unspecified atom stereocenters. The number of nitrogens with zero attached hydrogens (tertiary/aromatic N) is 2. The summed E-state index contributed by atoms with van der Waals surface area (Å²) in [5, 5.41) is 8.10. The van der Waals surface area contributed by atoms with Crippen molar-refractivity contribution in [3.05, 3.63) is 58.0 Å². The fraction of sp³-hybridized carbons (Fsp3) is 0.368. The zero-order chi connectivity index (χ0) is 21.7. The molecule has 7 N–H and O–H groups in total. The second-order valence-electron chi connectivity index (χ2n) is 6.69. The Bertz CT molecular complexity index is 875. The molecule has 0 saturated carbocycles. The van der Waals surface area contributed by atoms with Gasteiger partial charge in [-0.25, -0.2) is 8.78 Å². The molecule has 0 radical (unpaired) electrons. The zero-order valence-electron chi connectivity index (χ0n) is 16.5. The third-order valence-corrected chi connectivity index (χ3v) is 5.81. The minimum Gasteiger partial charge on any atom is -0.403 e. The maximum Gasteiger partial charge on any atom is 0.274 e. The highest BCUT2D eigenvalue weighted by Crippen LogP contribution is 2.39. The molecule has 3 rings (SSSR count). The van der Waals surface area contributed by atoms with Crippen molar-refractivity contribution in [2.45, 2.75) is 11.8 Å². The number of carbonyl (C=O) groups excluding carboxylic acids is 1. The van der Waals surface area contributed by atoms with Crippen molar-refractivity contribution in [2.75, 3.05) is 33.2 Å². The van der Waals surface area contributed by atoms with Crippen LogP contribution in [0, 0.1) is 11.6 Å². The maximum absolute atomic E-state index is 14.1. The number of thioether (sulfide) groups is 1. The van der Waals surface area contributed by atoms with Gasteiger partial charge in [-0.05, 0) is 25.1 Å². The molecule has 2 aliphatic rings. The van der Waals surface area contributed by atoms with Crippen LogP contribution in [0.1, 0.15) is 17.4 Å². The summed E-state index contributed by atoms with van der Waals surface area (Å²) in [6, 6.07) is 3.59. The van der Waals surface area contributed by atoms with Gasteiger partial charge >= 0.3 is 0 Å². The summed E-state index contributed by atoms with van der Waals surface area (Å²) in [6.07, 6.45) is 2.20. The summed E-state index contributed by atoms with van der Waals surface area (Å²) >= 11 is 0.969. The predicted molar refractivity (Wildman–Crippen MR) is 114 cm³/mol. The molecule has 1 amide bonds. The zero-order valence-corrected chi connectivity index (χ0v) is 17.4. The Hall–Kier alpha value is -2.79. The molecule has 11 heteroatoms. The van der Waals surface area contributed by atoms with Crippen molar-refractivity contribution in [1.82, 2.24) is 20.9 Å². The van der Waals surface area contributed by atoms with Crippen LogP contribution in [-0.2, 0) is 4.79 Å². The first-order valence-electron chi connectivity index (χ1n) is 9.49. The van der Waals surface area contributed by atoms with Crippen LogP contribution in [0.5, 0.6) is 0 Å². The van der Waals surface area contributed by atoms with E-state index >= 15 is 0 Å². The number of rotatable bonds is 4. The van der Waals surface area contributed by atoms with Crippen molar-refractivity contribution >= 4 is 23.5 Å². The van der Waals surface area contributed by atoms with Gasteiger partial charge in [0, 0.05) is 32.9 Å². The molecule has 1 fully saturated rings. The Kier molecular flexibility index (Phi) is 7.16. The van der Waals surface area contributed by atoms with Crippen molar-refractivity contribution in [3.63, 3.8) is 0 Å². The average Bonchev–Trinajstić information content (AvgIpc) is 2.91. The molecular weight excluding hydrogens is 412 g/mol. The quantitative estimate of drug-likeness (QED) is 0.347. The topological polar surface area (TPSA) is 121 Å². The lowest BCUT2D eigenvalue weighted by atomic mass is 10.2. The molecule has 2 heterocycles. The minimum absolute atomic E-state index is 0.0278. The average molecular weight is 438 g/mol. The van der Waals surface area contributed by atoms with E-state index in [4.69, 9.17) is 11.5 Å². The molecule has 1 saturated heterocycles. The number of benzene rings is 1. The Morgan fingerprint density at radius 2 is 2.07 bits per heavy atom. The van der Waals surface area contributed by atoms with Gasteiger partial charge < -0.3 is 32.3 Å². The number of halogens is 2. The van der Waals surface area contributed by atoms with Gasteiger partial charge in [-0.15, -0.1) is 0 Å². The molecule has 0 bridgehead atoms. The number of aliphatic imine (C=N–C) groups is 1. The number of hydrogen-bond donors (Lipinski definition) is 5. The van der Waals surface area contributed by atoms with E-state index in [1.54, 1.807) is 7.05 Å². The Morgan fingerprint density at radius 3 is 2.73 bits per heavy atom. The third-order valence-electron chi connectivity index (χ3n) is 4.76. The van der Waals surface area contributed by atoms with Crippen LogP contribution >= 0.6 is 11.8 Å². The van der Waals surface area contributed by atoms with Gasteiger partial charge in [0.1, 0.15) is 28.5 Å². The number of nitrogens with one attached hydrogen (secondary N) is 3. The maximum atomic E-state index is 14.1. The minimum atomic E-state index is -0.853. The summed E-state index contributed by atoms with van der Waals surface area (Å²) in [6.45, 7) is 3.17. The first-order valence-corrected chi connectivity index (χ1v) is 10.4. The van der Waals surface area contributed by atoms with Gasteiger partial charge in [0.2, 0.25) is 0 Å². The fourth-order valence-corrected chi connectivity index (χ4v) is 4.38. The van der Waals surface area contributed by atoms with Gasteiger partial charge in [-0.3, -0.25) is 9.79 Å². The second-order valence-corrected chi connectivity index (χ2v) is 7.84. The largest absolute Gasteiger partial charge is 0.403 e. The lowest BCUT2D eigenvalue weighted by Gasteiger charge is -2.25. The molecule has 30 heavy (non-hydrogen) atoms. The molecule has 1 aromatic rings.